The summed E-state index contributed by atoms with van der Waals surface area (Å²) in [5.74, 6) is 0.947. The van der Waals surface area contributed by atoms with Crippen LogP contribution in [-0.2, 0) is 0 Å². The minimum Gasteiger partial charge on any atom is -0.496 e. The first kappa shape index (κ1) is 12.5. The number of ether oxygens (including phenoxy) is 1. The number of rotatable bonds is 3. The van der Waals surface area contributed by atoms with Gasteiger partial charge in [0.15, 0.2) is 0 Å². The average Bonchev–Trinajstić information content (AvgIpc) is 2.42. The number of hydrogen-bond donors (Lipinski definition) is 1. The minimum absolute atomic E-state index is 0.947. The maximum absolute atomic E-state index is 5.34. The fraction of sp³-hybridized carbons (Fsp3) is 0.250. The van der Waals surface area contributed by atoms with E-state index in [0.29, 0.717) is 0 Å². The first-order chi connectivity index (χ1) is 8.67. The highest BCUT2D eigenvalue weighted by molar-refractivity contribution is 5.71. The van der Waals surface area contributed by atoms with Gasteiger partial charge in [0.05, 0.1) is 7.11 Å². The summed E-state index contributed by atoms with van der Waals surface area (Å²) in [5, 5.41) is 3.13. The van der Waals surface area contributed by atoms with Gasteiger partial charge in [-0.1, -0.05) is 18.2 Å². The van der Waals surface area contributed by atoms with Crippen molar-refractivity contribution in [3.8, 4) is 16.9 Å². The Hall–Kier alpha value is -1.96. The molecule has 2 heteroatoms. The van der Waals surface area contributed by atoms with E-state index < -0.39 is 0 Å². The molecule has 0 saturated heterocycles. The third-order valence-corrected chi connectivity index (χ3v) is 3.44. The van der Waals surface area contributed by atoms with Gasteiger partial charge in [0.25, 0.3) is 0 Å². The molecule has 0 spiro atoms. The zero-order valence-corrected chi connectivity index (χ0v) is 11.4. The summed E-state index contributed by atoms with van der Waals surface area (Å²) in [4.78, 5) is 0. The van der Waals surface area contributed by atoms with E-state index in [1.165, 1.54) is 22.3 Å². The highest BCUT2D eigenvalue weighted by Crippen LogP contribution is 2.31. The van der Waals surface area contributed by atoms with Crippen LogP contribution in [0.4, 0.5) is 5.69 Å². The number of anilines is 1. The van der Waals surface area contributed by atoms with E-state index in [1.54, 1.807) is 7.11 Å². The van der Waals surface area contributed by atoms with Crippen molar-refractivity contribution < 1.29 is 4.74 Å². The highest BCUT2D eigenvalue weighted by Gasteiger charge is 2.08. The van der Waals surface area contributed by atoms with Crippen LogP contribution in [0.2, 0.25) is 0 Å². The maximum Gasteiger partial charge on any atom is 0.122 e. The molecule has 0 aliphatic rings. The molecule has 1 N–H and O–H groups in total. The molecule has 18 heavy (non-hydrogen) atoms. The van der Waals surface area contributed by atoms with Crippen LogP contribution in [0.5, 0.6) is 5.75 Å². The molecular formula is C16H19NO. The molecule has 94 valence electrons. The standard InChI is InChI=1S/C16H19NO/c1-11-12(2)16(18-4)10-9-15(11)13-5-7-14(17-3)8-6-13/h5-10,17H,1-4H3. The summed E-state index contributed by atoms with van der Waals surface area (Å²) < 4.78 is 5.34. The van der Waals surface area contributed by atoms with Crippen molar-refractivity contribution in [3.05, 3.63) is 47.5 Å². The molecule has 0 unspecified atom stereocenters. The zero-order chi connectivity index (χ0) is 13.1. The molecule has 0 aromatic heterocycles. The summed E-state index contributed by atoms with van der Waals surface area (Å²) in [6.45, 7) is 4.23. The molecule has 2 aromatic rings. The zero-order valence-electron chi connectivity index (χ0n) is 11.4. The van der Waals surface area contributed by atoms with Gasteiger partial charge in [0.2, 0.25) is 0 Å². The van der Waals surface area contributed by atoms with E-state index in [4.69, 9.17) is 4.74 Å². The molecule has 2 nitrogen and oxygen atoms in total. The van der Waals surface area contributed by atoms with Gasteiger partial charge in [-0.25, -0.2) is 0 Å². The van der Waals surface area contributed by atoms with Gasteiger partial charge in [-0.2, -0.15) is 0 Å². The monoisotopic (exact) mass is 241 g/mol. The average molecular weight is 241 g/mol. The van der Waals surface area contributed by atoms with E-state index in [9.17, 15) is 0 Å². The lowest BCUT2D eigenvalue weighted by Gasteiger charge is -2.13. The molecule has 0 aliphatic heterocycles. The molecule has 0 bridgehead atoms. The van der Waals surface area contributed by atoms with Crippen molar-refractivity contribution in [3.63, 3.8) is 0 Å². The molecule has 0 fully saturated rings. The summed E-state index contributed by atoms with van der Waals surface area (Å²) in [6, 6.07) is 12.6. The summed E-state index contributed by atoms with van der Waals surface area (Å²) in [5.41, 5.74) is 6.09. The minimum atomic E-state index is 0.947. The van der Waals surface area contributed by atoms with E-state index in [1.807, 2.05) is 13.1 Å². The van der Waals surface area contributed by atoms with Crippen molar-refractivity contribution in [2.75, 3.05) is 19.5 Å². The smallest absolute Gasteiger partial charge is 0.122 e. The number of hydrogen-bond acceptors (Lipinski definition) is 2. The van der Waals surface area contributed by atoms with Crippen LogP contribution in [0.15, 0.2) is 36.4 Å². The second-order valence-electron chi connectivity index (χ2n) is 4.39. The molecule has 0 heterocycles. The third kappa shape index (κ3) is 2.19. The Bertz CT molecular complexity index is 544. The number of methoxy groups -OCH3 is 1. The van der Waals surface area contributed by atoms with Gasteiger partial charge in [0.1, 0.15) is 5.75 Å². The Balaban J connectivity index is 2.47. The Morgan fingerprint density at radius 2 is 1.56 bits per heavy atom. The Kier molecular flexibility index (Phi) is 3.56. The van der Waals surface area contributed by atoms with Crippen LogP contribution >= 0.6 is 0 Å². The highest BCUT2D eigenvalue weighted by atomic mass is 16.5. The maximum atomic E-state index is 5.34. The largest absolute Gasteiger partial charge is 0.496 e. The molecule has 0 atom stereocenters. The number of benzene rings is 2. The summed E-state index contributed by atoms with van der Waals surface area (Å²) in [7, 11) is 3.64. The fourth-order valence-electron chi connectivity index (χ4n) is 2.15. The fourth-order valence-corrected chi connectivity index (χ4v) is 2.15. The van der Waals surface area contributed by atoms with Crippen molar-refractivity contribution in [1.82, 2.24) is 0 Å². The third-order valence-electron chi connectivity index (χ3n) is 3.44. The quantitative estimate of drug-likeness (QED) is 0.876. The van der Waals surface area contributed by atoms with Crippen molar-refractivity contribution in [2.45, 2.75) is 13.8 Å². The van der Waals surface area contributed by atoms with Crippen LogP contribution in [0.25, 0.3) is 11.1 Å². The predicted molar refractivity (Wildman–Crippen MR) is 77.5 cm³/mol. The predicted octanol–water partition coefficient (Wildman–Crippen LogP) is 4.02. The Labute approximate surface area is 109 Å². The second-order valence-corrected chi connectivity index (χ2v) is 4.39. The molecule has 2 rings (SSSR count). The topological polar surface area (TPSA) is 21.3 Å². The van der Waals surface area contributed by atoms with Crippen LogP contribution in [0, 0.1) is 13.8 Å². The lowest BCUT2D eigenvalue weighted by molar-refractivity contribution is 0.411. The second kappa shape index (κ2) is 5.13. The van der Waals surface area contributed by atoms with Crippen molar-refractivity contribution >= 4 is 5.69 Å². The molecule has 2 aromatic carbocycles. The summed E-state index contributed by atoms with van der Waals surface area (Å²) in [6.07, 6.45) is 0. The number of nitrogens with one attached hydrogen (secondary N) is 1. The van der Waals surface area contributed by atoms with Gasteiger partial charge >= 0.3 is 0 Å². The first-order valence-corrected chi connectivity index (χ1v) is 6.09. The molecule has 0 aliphatic carbocycles. The van der Waals surface area contributed by atoms with Crippen LogP contribution in [0.1, 0.15) is 11.1 Å². The molecule has 0 radical (unpaired) electrons. The summed E-state index contributed by atoms with van der Waals surface area (Å²) >= 11 is 0. The van der Waals surface area contributed by atoms with Crippen LogP contribution in [0.3, 0.4) is 0 Å². The Morgan fingerprint density at radius 1 is 0.889 bits per heavy atom. The lowest BCUT2D eigenvalue weighted by Crippen LogP contribution is -1.93. The van der Waals surface area contributed by atoms with E-state index >= 15 is 0 Å². The van der Waals surface area contributed by atoms with Gasteiger partial charge in [-0.15, -0.1) is 0 Å². The van der Waals surface area contributed by atoms with Gasteiger partial charge in [-0.3, -0.25) is 0 Å². The van der Waals surface area contributed by atoms with Crippen molar-refractivity contribution in [2.24, 2.45) is 0 Å². The Morgan fingerprint density at radius 3 is 2.11 bits per heavy atom. The van der Waals surface area contributed by atoms with Gasteiger partial charge < -0.3 is 10.1 Å². The van der Waals surface area contributed by atoms with Gasteiger partial charge in [0, 0.05) is 12.7 Å². The normalized spacial score (nSPS) is 10.2. The van der Waals surface area contributed by atoms with E-state index in [-0.39, 0.29) is 0 Å². The van der Waals surface area contributed by atoms with E-state index in [0.717, 1.165) is 11.4 Å². The molecule has 0 amide bonds. The SMILES string of the molecule is CNc1ccc(-c2ccc(OC)c(C)c2C)cc1. The first-order valence-electron chi connectivity index (χ1n) is 6.09. The van der Waals surface area contributed by atoms with Crippen molar-refractivity contribution in [1.29, 1.82) is 0 Å². The molecular weight excluding hydrogens is 222 g/mol. The van der Waals surface area contributed by atoms with Crippen LogP contribution < -0.4 is 10.1 Å². The molecule has 0 saturated carbocycles. The lowest BCUT2D eigenvalue weighted by atomic mass is 9.96. The van der Waals surface area contributed by atoms with Crippen LogP contribution in [-0.4, -0.2) is 14.2 Å². The van der Waals surface area contributed by atoms with Gasteiger partial charge in [-0.05, 0) is 54.3 Å². The van der Waals surface area contributed by atoms with E-state index in [2.05, 4.69) is 49.5 Å².